The molecule has 0 spiro atoms. The van der Waals surface area contributed by atoms with Crippen LogP contribution in [0, 0.1) is 0 Å². The van der Waals surface area contributed by atoms with E-state index in [1.165, 1.54) is 0 Å². The van der Waals surface area contributed by atoms with Crippen molar-refractivity contribution in [2.24, 2.45) is 0 Å². The number of carbonyl (C=O) groups excluding carboxylic acids is 2. The van der Waals surface area contributed by atoms with Crippen molar-refractivity contribution >= 4 is 12.2 Å². The number of likely N-dealkylation sites (N-methyl/N-ethyl adjacent to an activating group) is 1. The maximum Gasteiger partial charge on any atom is 0.424 e. The van der Waals surface area contributed by atoms with Crippen molar-refractivity contribution in [3.63, 3.8) is 0 Å². The normalized spacial score (nSPS) is 10.4. The minimum Gasteiger partial charge on any atom is -0.449 e. The number of nitrogens with zero attached hydrogens (tertiary/aromatic N) is 2. The fourth-order valence-electron chi connectivity index (χ4n) is 1.88. The van der Waals surface area contributed by atoms with Gasteiger partial charge >= 0.3 is 12.2 Å². The largest absolute Gasteiger partial charge is 0.449 e. The van der Waals surface area contributed by atoms with Crippen LogP contribution in [0.3, 0.4) is 0 Å². The number of ether oxygens (including phenoxy) is 2. The molecule has 0 N–H and O–H groups in total. The Bertz CT molecular complexity index is 460. The SMILES string of the molecule is CCOC(=O)N(CCN(CC)CC)C(=O)Oc1ccccc1. The average Bonchev–Trinajstić information content (AvgIpc) is 2.52. The van der Waals surface area contributed by atoms with Crippen LogP contribution < -0.4 is 4.74 Å². The predicted molar refractivity (Wildman–Crippen MR) is 84.0 cm³/mol. The zero-order chi connectivity index (χ0) is 16.4. The van der Waals surface area contributed by atoms with Crippen LogP contribution in [0.1, 0.15) is 20.8 Å². The Morgan fingerprint density at radius 3 is 2.14 bits per heavy atom. The summed E-state index contributed by atoms with van der Waals surface area (Å²) in [5.74, 6) is 0.393. The first-order valence-corrected chi connectivity index (χ1v) is 7.55. The molecule has 2 amide bonds. The van der Waals surface area contributed by atoms with E-state index in [0.717, 1.165) is 18.0 Å². The lowest BCUT2D eigenvalue weighted by Crippen LogP contribution is -2.44. The molecule has 0 aliphatic rings. The van der Waals surface area contributed by atoms with Gasteiger partial charge in [0.25, 0.3) is 0 Å². The van der Waals surface area contributed by atoms with Crippen LogP contribution in [-0.4, -0.2) is 54.8 Å². The lowest BCUT2D eigenvalue weighted by molar-refractivity contribution is 0.0965. The summed E-state index contributed by atoms with van der Waals surface area (Å²) in [6.07, 6.45) is -1.41. The second-order valence-electron chi connectivity index (χ2n) is 4.56. The molecular weight excluding hydrogens is 284 g/mol. The molecular formula is C16H24N2O4. The minimum atomic E-state index is -0.725. The van der Waals surface area contributed by atoms with Crippen LogP contribution in [0.5, 0.6) is 5.75 Å². The molecule has 1 aromatic rings. The van der Waals surface area contributed by atoms with Gasteiger partial charge in [0.05, 0.1) is 6.61 Å². The van der Waals surface area contributed by atoms with Crippen LogP contribution in [0.4, 0.5) is 9.59 Å². The topological polar surface area (TPSA) is 59.1 Å². The van der Waals surface area contributed by atoms with E-state index < -0.39 is 12.2 Å². The third-order valence-corrected chi connectivity index (χ3v) is 3.19. The van der Waals surface area contributed by atoms with Crippen molar-refractivity contribution in [2.75, 3.05) is 32.8 Å². The van der Waals surface area contributed by atoms with Crippen molar-refractivity contribution in [1.82, 2.24) is 9.80 Å². The van der Waals surface area contributed by atoms with Gasteiger partial charge in [-0.2, -0.15) is 0 Å². The van der Waals surface area contributed by atoms with Gasteiger partial charge in [-0.3, -0.25) is 0 Å². The van der Waals surface area contributed by atoms with Gasteiger partial charge in [-0.15, -0.1) is 0 Å². The number of benzene rings is 1. The Morgan fingerprint density at radius 2 is 1.59 bits per heavy atom. The number of hydrogen-bond acceptors (Lipinski definition) is 5. The van der Waals surface area contributed by atoms with Gasteiger partial charge in [-0.05, 0) is 32.1 Å². The van der Waals surface area contributed by atoms with Gasteiger partial charge in [0.1, 0.15) is 5.75 Å². The fourth-order valence-corrected chi connectivity index (χ4v) is 1.88. The highest BCUT2D eigenvalue weighted by Gasteiger charge is 2.25. The van der Waals surface area contributed by atoms with E-state index >= 15 is 0 Å². The van der Waals surface area contributed by atoms with Crippen molar-refractivity contribution in [1.29, 1.82) is 0 Å². The molecule has 122 valence electrons. The van der Waals surface area contributed by atoms with Crippen LogP contribution in [0.25, 0.3) is 0 Å². The van der Waals surface area contributed by atoms with Crippen molar-refractivity contribution in [3.8, 4) is 5.75 Å². The highest BCUT2D eigenvalue weighted by molar-refractivity contribution is 5.88. The summed E-state index contributed by atoms with van der Waals surface area (Å²) in [6.45, 7) is 8.47. The third kappa shape index (κ3) is 5.73. The van der Waals surface area contributed by atoms with Crippen molar-refractivity contribution in [3.05, 3.63) is 30.3 Å². The molecule has 0 heterocycles. The second-order valence-corrected chi connectivity index (χ2v) is 4.56. The van der Waals surface area contributed by atoms with Gasteiger partial charge in [0, 0.05) is 13.1 Å². The number of imide groups is 1. The third-order valence-electron chi connectivity index (χ3n) is 3.19. The number of rotatable bonds is 7. The Kier molecular flexibility index (Phi) is 7.99. The van der Waals surface area contributed by atoms with Gasteiger partial charge < -0.3 is 14.4 Å². The molecule has 6 heteroatoms. The number of amides is 2. The van der Waals surface area contributed by atoms with Crippen LogP contribution in [0.2, 0.25) is 0 Å². The van der Waals surface area contributed by atoms with Crippen LogP contribution in [-0.2, 0) is 4.74 Å². The molecule has 0 aliphatic carbocycles. The molecule has 1 rings (SSSR count). The zero-order valence-electron chi connectivity index (χ0n) is 13.4. The molecule has 0 unspecified atom stereocenters. The van der Waals surface area contributed by atoms with Crippen LogP contribution in [0.15, 0.2) is 30.3 Å². The quantitative estimate of drug-likeness (QED) is 0.775. The van der Waals surface area contributed by atoms with E-state index in [-0.39, 0.29) is 13.2 Å². The van der Waals surface area contributed by atoms with E-state index in [0.29, 0.717) is 12.3 Å². The molecule has 0 saturated heterocycles. The molecule has 0 saturated carbocycles. The Hall–Kier alpha value is -2.08. The number of para-hydroxylation sites is 1. The average molecular weight is 308 g/mol. The van der Waals surface area contributed by atoms with Crippen molar-refractivity contribution in [2.45, 2.75) is 20.8 Å². The maximum absolute atomic E-state index is 12.2. The molecule has 0 aliphatic heterocycles. The van der Waals surface area contributed by atoms with E-state index in [1.807, 2.05) is 19.9 Å². The lowest BCUT2D eigenvalue weighted by Gasteiger charge is -2.23. The van der Waals surface area contributed by atoms with E-state index in [9.17, 15) is 9.59 Å². The summed E-state index contributed by atoms with van der Waals surface area (Å²) in [4.78, 5) is 27.3. The molecule has 22 heavy (non-hydrogen) atoms. The Balaban J connectivity index is 2.71. The molecule has 0 aromatic heterocycles. The lowest BCUT2D eigenvalue weighted by atomic mass is 10.3. The smallest absolute Gasteiger partial charge is 0.424 e. The summed E-state index contributed by atoms with van der Waals surface area (Å²) >= 11 is 0. The summed E-state index contributed by atoms with van der Waals surface area (Å²) < 4.78 is 10.1. The fraction of sp³-hybridized carbons (Fsp3) is 0.500. The highest BCUT2D eigenvalue weighted by atomic mass is 16.6. The first-order valence-electron chi connectivity index (χ1n) is 7.55. The monoisotopic (exact) mass is 308 g/mol. The summed E-state index contributed by atoms with van der Waals surface area (Å²) in [5.41, 5.74) is 0. The van der Waals surface area contributed by atoms with Crippen molar-refractivity contribution < 1.29 is 19.1 Å². The highest BCUT2D eigenvalue weighted by Crippen LogP contribution is 2.11. The van der Waals surface area contributed by atoms with E-state index in [2.05, 4.69) is 4.90 Å². The molecule has 0 bridgehead atoms. The number of hydrogen-bond donors (Lipinski definition) is 0. The summed E-state index contributed by atoms with van der Waals surface area (Å²) in [6, 6.07) is 8.65. The first kappa shape index (κ1) is 18.0. The van der Waals surface area contributed by atoms with Gasteiger partial charge in [0.15, 0.2) is 0 Å². The molecule has 0 radical (unpaired) electrons. The Labute approximate surface area is 131 Å². The minimum absolute atomic E-state index is 0.208. The van der Waals surface area contributed by atoms with Gasteiger partial charge in [-0.1, -0.05) is 32.0 Å². The second kappa shape index (κ2) is 9.78. The molecule has 0 atom stereocenters. The zero-order valence-corrected chi connectivity index (χ0v) is 13.4. The van der Waals surface area contributed by atoms with E-state index in [1.54, 1.807) is 31.2 Å². The predicted octanol–water partition coefficient (Wildman–Crippen LogP) is 2.99. The van der Waals surface area contributed by atoms with Crippen LogP contribution >= 0.6 is 0 Å². The Morgan fingerprint density at radius 1 is 0.955 bits per heavy atom. The molecule has 6 nitrogen and oxygen atoms in total. The number of carbonyl (C=O) groups is 2. The molecule has 0 fully saturated rings. The standard InChI is InChI=1S/C16H24N2O4/c1-4-17(5-2)12-13-18(15(19)21-6-3)16(20)22-14-10-8-7-9-11-14/h7-11H,4-6,12-13H2,1-3H3. The summed E-state index contributed by atoms with van der Waals surface area (Å²) in [7, 11) is 0. The molecule has 1 aromatic carbocycles. The maximum atomic E-state index is 12.2. The van der Waals surface area contributed by atoms with Gasteiger partial charge in [-0.25, -0.2) is 14.5 Å². The first-order chi connectivity index (χ1) is 10.6. The summed E-state index contributed by atoms with van der Waals surface area (Å²) in [5, 5.41) is 0. The van der Waals surface area contributed by atoms with E-state index in [4.69, 9.17) is 9.47 Å². The van der Waals surface area contributed by atoms with Gasteiger partial charge in [0.2, 0.25) is 0 Å².